The number of anilines is 1. The summed E-state index contributed by atoms with van der Waals surface area (Å²) in [5, 5.41) is 3.33. The van der Waals surface area contributed by atoms with Gasteiger partial charge in [0.05, 0.1) is 13.1 Å². The molecule has 1 unspecified atom stereocenters. The Morgan fingerprint density at radius 1 is 1.12 bits per heavy atom. The molecular weight excluding hydrogens is 307 g/mol. The lowest BCUT2D eigenvalue weighted by atomic mass is 9.67. The van der Waals surface area contributed by atoms with E-state index in [0.717, 1.165) is 12.1 Å². The fraction of sp³-hybridized carbons (Fsp3) is 0.529. The fourth-order valence-corrected chi connectivity index (χ4v) is 2.75. The third kappa shape index (κ3) is 5.89. The molecule has 1 aromatic carbocycles. The van der Waals surface area contributed by atoms with Crippen LogP contribution >= 0.6 is 0 Å². The smallest absolute Gasteiger partial charge is 0.498 e. The maximum atomic E-state index is 12.0. The lowest BCUT2D eigenvalue weighted by Crippen LogP contribution is -2.45. The van der Waals surface area contributed by atoms with Gasteiger partial charge in [-0.05, 0) is 31.5 Å². The number of benzene rings is 1. The van der Waals surface area contributed by atoms with Crippen molar-refractivity contribution < 1.29 is 18.9 Å². The number of carbonyl (C=O) groups excluding carboxylic acids is 2. The Morgan fingerprint density at radius 3 is 2.25 bits per heavy atom. The molecule has 0 aromatic heterocycles. The molecule has 1 N–H and O–H groups in total. The molecule has 0 radical (unpaired) electrons. The van der Waals surface area contributed by atoms with Gasteiger partial charge in [-0.25, -0.2) is 0 Å². The van der Waals surface area contributed by atoms with Gasteiger partial charge in [0.2, 0.25) is 0 Å². The quantitative estimate of drug-likeness (QED) is 0.804. The summed E-state index contributed by atoms with van der Waals surface area (Å²) in [7, 11) is 0.836. The predicted molar refractivity (Wildman–Crippen MR) is 93.6 cm³/mol. The highest BCUT2D eigenvalue weighted by atomic mass is 16.6. The van der Waals surface area contributed by atoms with Gasteiger partial charge in [0.25, 0.3) is 0 Å². The number of likely N-dealkylation sites (N-methyl/N-ethyl adjacent to an activating group) is 1. The molecule has 1 aliphatic rings. The van der Waals surface area contributed by atoms with E-state index < -0.39 is 7.12 Å². The minimum Gasteiger partial charge on any atom is -0.498 e. The van der Waals surface area contributed by atoms with Crippen LogP contribution in [0.4, 0.5) is 5.69 Å². The van der Waals surface area contributed by atoms with Gasteiger partial charge in [0, 0.05) is 18.0 Å². The number of hydrogen-bond donors (Lipinski definition) is 1. The molecule has 0 aliphatic carbocycles. The van der Waals surface area contributed by atoms with Crippen molar-refractivity contribution in [2.24, 2.45) is 5.92 Å². The van der Waals surface area contributed by atoms with E-state index in [1.54, 1.807) is 11.9 Å². The van der Waals surface area contributed by atoms with E-state index in [-0.39, 0.29) is 30.8 Å². The third-order valence-electron chi connectivity index (χ3n) is 3.79. The van der Waals surface area contributed by atoms with Gasteiger partial charge in [0.15, 0.2) is 0 Å². The van der Waals surface area contributed by atoms with Gasteiger partial charge in [-0.3, -0.25) is 14.5 Å². The number of carbonyl (C=O) groups is 2. The Morgan fingerprint density at radius 2 is 1.71 bits per heavy atom. The van der Waals surface area contributed by atoms with E-state index in [1.165, 1.54) is 0 Å². The molecule has 0 spiro atoms. The molecule has 1 atom stereocenters. The Balaban J connectivity index is 2.06. The molecule has 130 valence electrons. The van der Waals surface area contributed by atoms with E-state index in [1.807, 2.05) is 30.3 Å². The first kappa shape index (κ1) is 18.3. The molecule has 1 fully saturated rings. The lowest BCUT2D eigenvalue weighted by Gasteiger charge is -2.28. The molecular formula is C17H25BN2O4. The first-order valence-electron chi connectivity index (χ1n) is 8.30. The number of hydrogen-bond acceptors (Lipinski definition) is 6. The van der Waals surface area contributed by atoms with Gasteiger partial charge >= 0.3 is 19.1 Å². The van der Waals surface area contributed by atoms with Crippen molar-refractivity contribution in [2.45, 2.75) is 26.1 Å². The molecule has 1 aromatic rings. The minimum atomic E-state index is -0.850. The van der Waals surface area contributed by atoms with Gasteiger partial charge in [0.1, 0.15) is 0 Å². The van der Waals surface area contributed by atoms with Crippen LogP contribution in [0, 0.1) is 5.92 Å². The number of nitrogens with zero attached hydrogens (tertiary/aromatic N) is 1. The Hall–Kier alpha value is -2.02. The first-order chi connectivity index (χ1) is 11.4. The molecule has 24 heavy (non-hydrogen) atoms. The van der Waals surface area contributed by atoms with Crippen molar-refractivity contribution in [1.82, 2.24) is 4.90 Å². The molecule has 1 saturated heterocycles. The van der Waals surface area contributed by atoms with Crippen molar-refractivity contribution in [3.8, 4) is 0 Å². The summed E-state index contributed by atoms with van der Waals surface area (Å²) in [5.41, 5.74) is 0.981. The normalized spacial score (nSPS) is 17.8. The van der Waals surface area contributed by atoms with Gasteiger partial charge in [-0.2, -0.15) is 0 Å². The topological polar surface area (TPSA) is 67.9 Å². The van der Waals surface area contributed by atoms with Crippen LogP contribution in [0.5, 0.6) is 0 Å². The van der Waals surface area contributed by atoms with Crippen molar-refractivity contribution in [3.05, 3.63) is 30.3 Å². The van der Waals surface area contributed by atoms with Crippen molar-refractivity contribution in [3.63, 3.8) is 0 Å². The third-order valence-corrected chi connectivity index (χ3v) is 3.79. The zero-order valence-corrected chi connectivity index (χ0v) is 14.5. The van der Waals surface area contributed by atoms with E-state index in [9.17, 15) is 9.59 Å². The van der Waals surface area contributed by atoms with Gasteiger partial charge in [-0.15, -0.1) is 0 Å². The molecule has 7 heteroatoms. The summed E-state index contributed by atoms with van der Waals surface area (Å²) in [5.74, 6) is -0.466. The summed E-state index contributed by atoms with van der Waals surface area (Å²) in [6, 6.07) is 9.79. The zero-order valence-electron chi connectivity index (χ0n) is 14.5. The Labute approximate surface area is 143 Å². The molecule has 2 rings (SSSR count). The fourth-order valence-electron chi connectivity index (χ4n) is 2.75. The molecule has 0 saturated carbocycles. The number of rotatable bonds is 6. The minimum absolute atomic E-state index is 0.0894. The highest BCUT2D eigenvalue weighted by Crippen LogP contribution is 2.24. The van der Waals surface area contributed by atoms with E-state index in [0.29, 0.717) is 12.5 Å². The lowest BCUT2D eigenvalue weighted by molar-refractivity contribution is -0.146. The standard InChI is InChI=1S/C17H25BN2O4/c1-13(2)9-14(10-19-15-7-5-4-6-8-15)18-23-16(21)11-20(3)12-17(22)24-18/h4-8,13-14,19H,9-12H2,1-3H3. The van der Waals surface area contributed by atoms with Gasteiger partial charge in [-0.1, -0.05) is 32.0 Å². The monoisotopic (exact) mass is 332 g/mol. The van der Waals surface area contributed by atoms with Crippen LogP contribution in [0.15, 0.2) is 30.3 Å². The van der Waals surface area contributed by atoms with Crippen LogP contribution < -0.4 is 5.32 Å². The summed E-state index contributed by atoms with van der Waals surface area (Å²) >= 11 is 0. The van der Waals surface area contributed by atoms with Crippen LogP contribution in [-0.4, -0.2) is 50.6 Å². The van der Waals surface area contributed by atoms with Crippen molar-refractivity contribution in [1.29, 1.82) is 0 Å². The highest BCUT2D eigenvalue weighted by molar-refractivity contribution is 6.51. The van der Waals surface area contributed by atoms with Crippen LogP contribution in [0.1, 0.15) is 20.3 Å². The maximum Gasteiger partial charge on any atom is 0.603 e. The largest absolute Gasteiger partial charge is 0.603 e. The second kappa shape index (κ2) is 8.73. The van der Waals surface area contributed by atoms with Gasteiger partial charge < -0.3 is 14.6 Å². The maximum absolute atomic E-state index is 12.0. The summed E-state index contributed by atoms with van der Waals surface area (Å²) < 4.78 is 10.8. The average Bonchev–Trinajstić information content (AvgIpc) is 2.49. The van der Waals surface area contributed by atoms with E-state index >= 15 is 0 Å². The van der Waals surface area contributed by atoms with Crippen molar-refractivity contribution >= 4 is 24.7 Å². The summed E-state index contributed by atoms with van der Waals surface area (Å²) in [6.07, 6.45) is 0.779. The van der Waals surface area contributed by atoms with Crippen LogP contribution in [0.2, 0.25) is 5.82 Å². The second-order valence-electron chi connectivity index (χ2n) is 6.66. The Kier molecular flexibility index (Phi) is 6.67. The molecule has 1 aliphatic heterocycles. The predicted octanol–water partition coefficient (Wildman–Crippen LogP) is 2.03. The molecule has 0 amide bonds. The molecule has 6 nitrogen and oxygen atoms in total. The SMILES string of the molecule is CC(C)CC(CNc1ccccc1)B1OC(=O)CN(C)CC(=O)O1. The summed E-state index contributed by atoms with van der Waals surface area (Å²) in [4.78, 5) is 25.5. The summed E-state index contributed by atoms with van der Waals surface area (Å²) in [6.45, 7) is 4.92. The number of nitrogens with one attached hydrogen (secondary N) is 1. The second-order valence-corrected chi connectivity index (χ2v) is 6.66. The van der Waals surface area contributed by atoms with Crippen LogP contribution in [-0.2, 0) is 18.9 Å². The first-order valence-corrected chi connectivity index (χ1v) is 8.30. The average molecular weight is 332 g/mol. The van der Waals surface area contributed by atoms with E-state index in [2.05, 4.69) is 19.2 Å². The Bertz CT molecular complexity index is 533. The van der Waals surface area contributed by atoms with Crippen LogP contribution in [0.3, 0.4) is 0 Å². The zero-order chi connectivity index (χ0) is 17.5. The van der Waals surface area contributed by atoms with E-state index in [4.69, 9.17) is 9.31 Å². The van der Waals surface area contributed by atoms with Crippen LogP contribution in [0.25, 0.3) is 0 Å². The number of para-hydroxylation sites is 1. The molecule has 0 bridgehead atoms. The highest BCUT2D eigenvalue weighted by Gasteiger charge is 2.39. The molecule has 1 heterocycles. The van der Waals surface area contributed by atoms with Crippen molar-refractivity contribution in [2.75, 3.05) is 32.0 Å².